The molecule has 2 unspecified atom stereocenters. The zero-order valence-electron chi connectivity index (χ0n) is 12.5. The van der Waals surface area contributed by atoms with Crippen LogP contribution in [0.2, 0.25) is 0 Å². The second-order valence-corrected chi connectivity index (χ2v) is 6.71. The van der Waals surface area contributed by atoms with Gasteiger partial charge in [-0.2, -0.15) is 0 Å². The van der Waals surface area contributed by atoms with E-state index in [4.69, 9.17) is 0 Å². The van der Waals surface area contributed by atoms with Crippen molar-refractivity contribution in [1.29, 1.82) is 0 Å². The Bertz CT molecular complexity index is 327. The third kappa shape index (κ3) is 4.09. The minimum Gasteiger partial charge on any atom is -0.339 e. The molecule has 3 fully saturated rings. The normalized spacial score (nSPS) is 31.8. The predicted octanol–water partition coefficient (Wildman–Crippen LogP) is 1.35. The molecule has 2 saturated heterocycles. The first-order chi connectivity index (χ1) is 9.22. The molecular weight excluding hydrogens is 274 g/mol. The molecule has 2 aliphatic heterocycles. The van der Waals surface area contributed by atoms with Crippen molar-refractivity contribution in [3.8, 4) is 0 Å². The lowest BCUT2D eigenvalue weighted by Gasteiger charge is -2.38. The number of amides is 1. The number of piperazine rings is 1. The summed E-state index contributed by atoms with van der Waals surface area (Å²) in [5.41, 5.74) is 0. The Hall–Kier alpha value is -0.320. The Kier molecular flexibility index (Phi) is 5.70. The van der Waals surface area contributed by atoms with E-state index < -0.39 is 0 Å². The molecule has 1 N–H and O–H groups in total. The lowest BCUT2D eigenvalue weighted by Crippen LogP contribution is -2.55. The summed E-state index contributed by atoms with van der Waals surface area (Å²) in [5.74, 6) is 1.99. The lowest BCUT2D eigenvalue weighted by atomic mass is 9.93. The highest BCUT2D eigenvalue weighted by atomic mass is 35.5. The van der Waals surface area contributed by atoms with Gasteiger partial charge in [0.05, 0.1) is 6.04 Å². The van der Waals surface area contributed by atoms with Crippen LogP contribution < -0.4 is 5.32 Å². The fraction of sp³-hybridized carbons (Fsp3) is 0.933. The van der Waals surface area contributed by atoms with Crippen molar-refractivity contribution >= 4 is 18.3 Å². The molecule has 1 amide bonds. The maximum Gasteiger partial charge on any atom is 0.239 e. The number of nitrogens with one attached hydrogen (secondary N) is 1. The van der Waals surface area contributed by atoms with Crippen molar-refractivity contribution in [2.24, 2.45) is 11.8 Å². The van der Waals surface area contributed by atoms with E-state index in [2.05, 4.69) is 22.0 Å². The molecule has 116 valence electrons. The molecule has 1 saturated carbocycles. The van der Waals surface area contributed by atoms with E-state index in [1.165, 1.54) is 25.8 Å². The van der Waals surface area contributed by atoms with Crippen molar-refractivity contribution in [3.05, 3.63) is 0 Å². The summed E-state index contributed by atoms with van der Waals surface area (Å²) < 4.78 is 0. The summed E-state index contributed by atoms with van der Waals surface area (Å²) >= 11 is 0. The highest BCUT2D eigenvalue weighted by molar-refractivity contribution is 5.85. The summed E-state index contributed by atoms with van der Waals surface area (Å²) in [7, 11) is 0. The van der Waals surface area contributed by atoms with Crippen LogP contribution in [-0.2, 0) is 4.79 Å². The first-order valence-electron chi connectivity index (χ1n) is 7.97. The number of piperidine rings is 1. The Labute approximate surface area is 128 Å². The molecule has 0 radical (unpaired) electrons. The number of halogens is 1. The minimum absolute atomic E-state index is 0. The van der Waals surface area contributed by atoms with Crippen molar-refractivity contribution in [2.45, 2.75) is 38.6 Å². The second-order valence-electron chi connectivity index (χ2n) is 6.71. The van der Waals surface area contributed by atoms with E-state index in [9.17, 15) is 4.79 Å². The SMILES string of the molecule is CC1CCNC(C(=O)N2CCN(CC3CC3)CC2)C1.Cl. The number of carbonyl (C=O) groups is 1. The van der Waals surface area contributed by atoms with Crippen LogP contribution in [0.1, 0.15) is 32.6 Å². The highest BCUT2D eigenvalue weighted by Crippen LogP contribution is 2.30. The van der Waals surface area contributed by atoms with Crippen LogP contribution in [0, 0.1) is 11.8 Å². The molecule has 2 atom stereocenters. The Balaban J connectivity index is 0.00000147. The van der Waals surface area contributed by atoms with Crippen molar-refractivity contribution in [1.82, 2.24) is 15.1 Å². The van der Waals surface area contributed by atoms with E-state index in [-0.39, 0.29) is 18.4 Å². The van der Waals surface area contributed by atoms with Gasteiger partial charge in [-0.15, -0.1) is 12.4 Å². The van der Waals surface area contributed by atoms with Gasteiger partial charge in [0.2, 0.25) is 5.91 Å². The third-order valence-electron chi connectivity index (χ3n) is 4.86. The zero-order chi connectivity index (χ0) is 13.2. The fourth-order valence-corrected chi connectivity index (χ4v) is 3.33. The number of hydrogen-bond acceptors (Lipinski definition) is 3. The molecule has 20 heavy (non-hydrogen) atoms. The van der Waals surface area contributed by atoms with Gasteiger partial charge >= 0.3 is 0 Å². The van der Waals surface area contributed by atoms with Gasteiger partial charge in [-0.1, -0.05) is 6.92 Å². The predicted molar refractivity (Wildman–Crippen MR) is 83.2 cm³/mol. The molecule has 0 spiro atoms. The van der Waals surface area contributed by atoms with E-state index in [0.29, 0.717) is 11.8 Å². The number of carbonyl (C=O) groups excluding carboxylic acids is 1. The van der Waals surface area contributed by atoms with Gasteiger partial charge in [0, 0.05) is 32.7 Å². The van der Waals surface area contributed by atoms with Gasteiger partial charge < -0.3 is 10.2 Å². The summed E-state index contributed by atoms with van der Waals surface area (Å²) in [4.78, 5) is 17.1. The molecule has 1 aliphatic carbocycles. The van der Waals surface area contributed by atoms with Gasteiger partial charge in [0.1, 0.15) is 0 Å². The zero-order valence-corrected chi connectivity index (χ0v) is 13.3. The molecule has 4 nitrogen and oxygen atoms in total. The molecule has 0 bridgehead atoms. The molecule has 0 aromatic heterocycles. The monoisotopic (exact) mass is 301 g/mol. The summed E-state index contributed by atoms with van der Waals surface area (Å²) in [5, 5.41) is 3.40. The molecule has 0 aromatic rings. The van der Waals surface area contributed by atoms with Gasteiger partial charge in [-0.3, -0.25) is 9.69 Å². The van der Waals surface area contributed by atoms with E-state index >= 15 is 0 Å². The summed E-state index contributed by atoms with van der Waals surface area (Å²) in [6.45, 7) is 8.53. The summed E-state index contributed by atoms with van der Waals surface area (Å²) in [6.07, 6.45) is 5.06. The van der Waals surface area contributed by atoms with E-state index in [0.717, 1.165) is 45.1 Å². The Morgan fingerprint density at radius 3 is 2.45 bits per heavy atom. The van der Waals surface area contributed by atoms with Crippen LogP contribution in [-0.4, -0.2) is 61.0 Å². The van der Waals surface area contributed by atoms with Crippen molar-refractivity contribution in [2.75, 3.05) is 39.3 Å². The molecule has 2 heterocycles. The quantitative estimate of drug-likeness (QED) is 0.855. The second kappa shape index (κ2) is 7.10. The highest BCUT2D eigenvalue weighted by Gasteiger charge is 2.31. The van der Waals surface area contributed by atoms with Crippen molar-refractivity contribution in [3.63, 3.8) is 0 Å². The van der Waals surface area contributed by atoms with Gasteiger partial charge in [-0.05, 0) is 44.1 Å². The van der Waals surface area contributed by atoms with E-state index in [1.807, 2.05) is 0 Å². The van der Waals surface area contributed by atoms with Crippen molar-refractivity contribution < 1.29 is 4.79 Å². The first kappa shape index (κ1) is 16.1. The standard InChI is InChI=1S/C15H27N3O.ClH/c1-12-4-5-16-14(10-12)15(19)18-8-6-17(7-9-18)11-13-2-3-13;/h12-14,16H,2-11H2,1H3;1H. The maximum absolute atomic E-state index is 12.5. The van der Waals surface area contributed by atoms with Crippen LogP contribution in [0.25, 0.3) is 0 Å². The van der Waals surface area contributed by atoms with Gasteiger partial charge in [0.25, 0.3) is 0 Å². The largest absolute Gasteiger partial charge is 0.339 e. The Morgan fingerprint density at radius 1 is 1.15 bits per heavy atom. The maximum atomic E-state index is 12.5. The van der Waals surface area contributed by atoms with Gasteiger partial charge in [0.15, 0.2) is 0 Å². The molecule has 0 aromatic carbocycles. The number of nitrogens with zero attached hydrogens (tertiary/aromatic N) is 2. The molecule has 5 heteroatoms. The van der Waals surface area contributed by atoms with E-state index in [1.54, 1.807) is 0 Å². The average molecular weight is 302 g/mol. The van der Waals surface area contributed by atoms with Crippen LogP contribution >= 0.6 is 12.4 Å². The average Bonchev–Trinajstić information content (AvgIpc) is 3.23. The lowest BCUT2D eigenvalue weighted by molar-refractivity contribution is -0.136. The van der Waals surface area contributed by atoms with Crippen LogP contribution in [0.4, 0.5) is 0 Å². The molecular formula is C15H28ClN3O. The molecule has 3 aliphatic rings. The number of hydrogen-bond donors (Lipinski definition) is 1. The minimum atomic E-state index is 0. The van der Waals surface area contributed by atoms with Gasteiger partial charge in [-0.25, -0.2) is 0 Å². The van der Waals surface area contributed by atoms with Crippen LogP contribution in [0.5, 0.6) is 0 Å². The summed E-state index contributed by atoms with van der Waals surface area (Å²) in [6, 6.07) is 0.0822. The third-order valence-corrected chi connectivity index (χ3v) is 4.86. The topological polar surface area (TPSA) is 35.6 Å². The van der Waals surface area contributed by atoms with Crippen LogP contribution in [0.15, 0.2) is 0 Å². The van der Waals surface area contributed by atoms with Crippen LogP contribution in [0.3, 0.4) is 0 Å². The fourth-order valence-electron chi connectivity index (χ4n) is 3.33. The first-order valence-corrected chi connectivity index (χ1v) is 7.97. The number of rotatable bonds is 3. The Morgan fingerprint density at radius 2 is 1.85 bits per heavy atom. The smallest absolute Gasteiger partial charge is 0.239 e. The molecule has 3 rings (SSSR count).